The highest BCUT2D eigenvalue weighted by Crippen LogP contribution is 2.18. The number of nitrogens with two attached hydrogens (primary N) is 3. The van der Waals surface area contributed by atoms with Gasteiger partial charge in [0, 0.05) is 24.6 Å². The Labute approximate surface area is 111 Å². The molecule has 0 aromatic rings. The van der Waals surface area contributed by atoms with Crippen molar-refractivity contribution in [2.75, 3.05) is 31.1 Å². The van der Waals surface area contributed by atoms with E-state index in [0.29, 0.717) is 26.1 Å². The average molecular weight is 280 g/mol. The van der Waals surface area contributed by atoms with Crippen LogP contribution in [0.4, 0.5) is 0 Å². The van der Waals surface area contributed by atoms with Gasteiger partial charge >= 0.3 is 0 Å². The van der Waals surface area contributed by atoms with E-state index in [0.717, 1.165) is 24.3 Å². The number of unbranched alkanes of at least 4 members (excludes halogenated alkanes) is 1. The molecule has 0 unspecified atom stereocenters. The molecular formula is C10H24N4OS2. The Balaban J connectivity index is 3.37. The van der Waals surface area contributed by atoms with Gasteiger partial charge in [-0.05, 0) is 19.4 Å². The minimum atomic E-state index is -0.400. The van der Waals surface area contributed by atoms with E-state index in [-0.39, 0.29) is 5.91 Å². The van der Waals surface area contributed by atoms with E-state index in [9.17, 15) is 4.79 Å². The van der Waals surface area contributed by atoms with Crippen molar-refractivity contribution in [3.63, 3.8) is 0 Å². The standard InChI is InChI=1S/C10H24N4OS2/c11-4-2-1-3-9(13)10(15)14-6-8-17-16-7-5-12/h9H,1-8,11-13H2,(H,14,15)/t9-/m0/s1. The second kappa shape index (κ2) is 12.5. The first-order chi connectivity index (χ1) is 8.22. The SMILES string of the molecule is NCCCC[C@H](N)C(=O)NCCSSCCN. The number of amides is 1. The van der Waals surface area contributed by atoms with E-state index in [1.54, 1.807) is 21.6 Å². The maximum Gasteiger partial charge on any atom is 0.236 e. The number of nitrogens with one attached hydrogen (secondary N) is 1. The molecule has 0 aliphatic heterocycles. The number of rotatable bonds is 11. The molecule has 0 radical (unpaired) electrons. The number of carbonyl (C=O) groups is 1. The Kier molecular flexibility index (Phi) is 12.5. The second-order valence-corrected chi connectivity index (χ2v) is 6.32. The average Bonchev–Trinajstić information content (AvgIpc) is 2.33. The van der Waals surface area contributed by atoms with E-state index < -0.39 is 6.04 Å². The van der Waals surface area contributed by atoms with Crippen LogP contribution in [0.5, 0.6) is 0 Å². The first kappa shape index (κ1) is 17.1. The fourth-order valence-electron chi connectivity index (χ4n) is 1.15. The van der Waals surface area contributed by atoms with Crippen molar-refractivity contribution in [3.8, 4) is 0 Å². The van der Waals surface area contributed by atoms with Crippen molar-refractivity contribution in [3.05, 3.63) is 0 Å². The lowest BCUT2D eigenvalue weighted by atomic mass is 10.1. The molecule has 0 aliphatic carbocycles. The van der Waals surface area contributed by atoms with Crippen molar-refractivity contribution in [2.24, 2.45) is 17.2 Å². The van der Waals surface area contributed by atoms with Gasteiger partial charge in [0.15, 0.2) is 0 Å². The monoisotopic (exact) mass is 280 g/mol. The molecule has 0 spiro atoms. The summed E-state index contributed by atoms with van der Waals surface area (Å²) in [4.78, 5) is 11.5. The Bertz CT molecular complexity index is 195. The number of carbonyl (C=O) groups excluding carboxylic acids is 1. The molecule has 0 bridgehead atoms. The Morgan fingerprint density at radius 3 is 2.47 bits per heavy atom. The first-order valence-corrected chi connectivity index (χ1v) is 8.39. The van der Waals surface area contributed by atoms with Crippen molar-refractivity contribution < 1.29 is 4.79 Å². The summed E-state index contributed by atoms with van der Waals surface area (Å²) in [6.07, 6.45) is 2.54. The van der Waals surface area contributed by atoms with Crippen LogP contribution in [-0.2, 0) is 4.79 Å². The normalized spacial score (nSPS) is 12.4. The summed E-state index contributed by atoms with van der Waals surface area (Å²) in [6, 6.07) is -0.400. The van der Waals surface area contributed by atoms with E-state index in [4.69, 9.17) is 17.2 Å². The van der Waals surface area contributed by atoms with Gasteiger partial charge in [0.25, 0.3) is 0 Å². The zero-order chi connectivity index (χ0) is 12.9. The minimum Gasteiger partial charge on any atom is -0.354 e. The molecule has 0 fully saturated rings. The summed E-state index contributed by atoms with van der Waals surface area (Å²) in [5.41, 5.74) is 16.5. The molecule has 0 aromatic heterocycles. The van der Waals surface area contributed by atoms with Crippen LogP contribution < -0.4 is 22.5 Å². The van der Waals surface area contributed by atoms with Gasteiger partial charge in [-0.15, -0.1) is 0 Å². The van der Waals surface area contributed by atoms with Crippen molar-refractivity contribution in [1.82, 2.24) is 5.32 Å². The van der Waals surface area contributed by atoms with Crippen LogP contribution in [0, 0.1) is 0 Å². The maximum atomic E-state index is 11.5. The summed E-state index contributed by atoms with van der Waals surface area (Å²) in [7, 11) is 3.44. The number of hydrogen-bond acceptors (Lipinski definition) is 6. The van der Waals surface area contributed by atoms with Crippen LogP contribution in [0.15, 0.2) is 0 Å². The quantitative estimate of drug-likeness (QED) is 0.311. The van der Waals surface area contributed by atoms with Crippen LogP contribution in [0.25, 0.3) is 0 Å². The van der Waals surface area contributed by atoms with Gasteiger partial charge in [-0.25, -0.2) is 0 Å². The lowest BCUT2D eigenvalue weighted by Gasteiger charge is -2.11. The molecule has 0 aromatic carbocycles. The molecule has 102 valence electrons. The van der Waals surface area contributed by atoms with Crippen LogP contribution in [0.1, 0.15) is 19.3 Å². The molecular weight excluding hydrogens is 256 g/mol. The van der Waals surface area contributed by atoms with Crippen molar-refractivity contribution >= 4 is 27.5 Å². The third-order valence-corrected chi connectivity index (χ3v) is 4.51. The highest BCUT2D eigenvalue weighted by molar-refractivity contribution is 8.76. The van der Waals surface area contributed by atoms with Gasteiger partial charge in [0.05, 0.1) is 6.04 Å². The van der Waals surface area contributed by atoms with E-state index in [1.165, 1.54) is 0 Å². The van der Waals surface area contributed by atoms with Gasteiger partial charge in [0.2, 0.25) is 5.91 Å². The molecule has 0 rings (SSSR count). The van der Waals surface area contributed by atoms with Crippen LogP contribution >= 0.6 is 21.6 Å². The van der Waals surface area contributed by atoms with Crippen molar-refractivity contribution in [2.45, 2.75) is 25.3 Å². The summed E-state index contributed by atoms with van der Waals surface area (Å²) in [5, 5.41) is 2.83. The predicted molar refractivity (Wildman–Crippen MR) is 77.9 cm³/mol. The summed E-state index contributed by atoms with van der Waals surface area (Å²) < 4.78 is 0. The fraction of sp³-hybridized carbons (Fsp3) is 0.900. The topological polar surface area (TPSA) is 107 Å². The lowest BCUT2D eigenvalue weighted by molar-refractivity contribution is -0.122. The molecule has 0 saturated heterocycles. The zero-order valence-corrected chi connectivity index (χ0v) is 11.8. The zero-order valence-electron chi connectivity index (χ0n) is 10.2. The molecule has 1 atom stereocenters. The molecule has 7 heteroatoms. The highest BCUT2D eigenvalue weighted by Gasteiger charge is 2.11. The van der Waals surface area contributed by atoms with E-state index >= 15 is 0 Å². The third-order valence-electron chi connectivity index (χ3n) is 2.08. The predicted octanol–water partition coefficient (Wildman–Crippen LogP) is -0.101. The van der Waals surface area contributed by atoms with E-state index in [2.05, 4.69) is 5.32 Å². The fourth-order valence-corrected chi connectivity index (χ4v) is 2.92. The van der Waals surface area contributed by atoms with Gasteiger partial charge in [0.1, 0.15) is 0 Å². The van der Waals surface area contributed by atoms with Gasteiger partial charge in [-0.3, -0.25) is 4.79 Å². The second-order valence-electron chi connectivity index (χ2n) is 3.61. The van der Waals surface area contributed by atoms with Gasteiger partial charge in [-0.2, -0.15) is 0 Å². The minimum absolute atomic E-state index is 0.0635. The molecule has 7 N–H and O–H groups in total. The molecule has 0 heterocycles. The van der Waals surface area contributed by atoms with Crippen molar-refractivity contribution in [1.29, 1.82) is 0 Å². The Hall–Kier alpha value is 0.0500. The van der Waals surface area contributed by atoms with Gasteiger partial charge < -0.3 is 22.5 Å². The smallest absolute Gasteiger partial charge is 0.236 e. The van der Waals surface area contributed by atoms with Gasteiger partial charge in [-0.1, -0.05) is 28.0 Å². The Morgan fingerprint density at radius 1 is 1.12 bits per heavy atom. The molecule has 0 saturated carbocycles. The largest absolute Gasteiger partial charge is 0.354 e. The third kappa shape index (κ3) is 10.9. The van der Waals surface area contributed by atoms with E-state index in [1.807, 2.05) is 0 Å². The lowest BCUT2D eigenvalue weighted by Crippen LogP contribution is -2.41. The molecule has 5 nitrogen and oxygen atoms in total. The van der Waals surface area contributed by atoms with Crippen LogP contribution in [0.2, 0.25) is 0 Å². The summed E-state index contributed by atoms with van der Waals surface area (Å²) in [5.74, 6) is 1.76. The first-order valence-electron chi connectivity index (χ1n) is 5.90. The molecule has 17 heavy (non-hydrogen) atoms. The summed E-state index contributed by atoms with van der Waals surface area (Å²) >= 11 is 0. The van der Waals surface area contributed by atoms with Crippen LogP contribution in [0.3, 0.4) is 0 Å². The summed E-state index contributed by atoms with van der Waals surface area (Å²) in [6.45, 7) is 2.01. The number of hydrogen-bond donors (Lipinski definition) is 4. The molecule has 1 amide bonds. The maximum absolute atomic E-state index is 11.5. The highest BCUT2D eigenvalue weighted by atomic mass is 33.1. The molecule has 0 aliphatic rings. The Morgan fingerprint density at radius 2 is 1.82 bits per heavy atom. The van der Waals surface area contributed by atoms with Crippen LogP contribution in [-0.4, -0.2) is 43.1 Å².